The number of benzene rings is 1. The summed E-state index contributed by atoms with van der Waals surface area (Å²) in [6.45, 7) is 3.37. The molecule has 0 spiro atoms. The van der Waals surface area contributed by atoms with Crippen LogP contribution in [0.25, 0.3) is 0 Å². The summed E-state index contributed by atoms with van der Waals surface area (Å²) >= 11 is 0. The van der Waals surface area contributed by atoms with Crippen LogP contribution in [0.5, 0.6) is 0 Å². The van der Waals surface area contributed by atoms with E-state index in [4.69, 9.17) is 5.11 Å². The molecule has 0 aliphatic carbocycles. The van der Waals surface area contributed by atoms with Crippen LogP contribution in [0.2, 0.25) is 0 Å². The summed E-state index contributed by atoms with van der Waals surface area (Å²) in [5, 5.41) is 8.93. The van der Waals surface area contributed by atoms with Crippen LogP contribution in [0.3, 0.4) is 0 Å². The second kappa shape index (κ2) is 10.6. The van der Waals surface area contributed by atoms with Crippen molar-refractivity contribution in [2.24, 2.45) is 0 Å². The Hall–Kier alpha value is -2.11. The second-order valence-electron chi connectivity index (χ2n) is 6.09. The zero-order valence-corrected chi connectivity index (χ0v) is 14.7. The van der Waals surface area contributed by atoms with Gasteiger partial charge in [-0.1, -0.05) is 43.4 Å². The Bertz CT molecular complexity index is 682. The Kier molecular flexibility index (Phi) is 8.07. The predicted molar refractivity (Wildman–Crippen MR) is 98.6 cm³/mol. The predicted octanol–water partition coefficient (Wildman–Crippen LogP) is 3.68. The molecule has 1 N–H and O–H groups in total. The number of aryl methyl sites for hydroxylation is 3. The number of aliphatic hydroxyl groups is 1. The molecule has 0 atom stereocenters. The van der Waals surface area contributed by atoms with Crippen molar-refractivity contribution in [3.8, 4) is 11.8 Å². The first-order valence-corrected chi connectivity index (χ1v) is 8.99. The Labute approximate surface area is 146 Å². The van der Waals surface area contributed by atoms with Crippen molar-refractivity contribution in [2.45, 2.75) is 52.0 Å². The van der Waals surface area contributed by atoms with E-state index in [1.165, 1.54) is 29.5 Å². The maximum atomic E-state index is 8.93. The largest absolute Gasteiger partial charge is 0.396 e. The first kappa shape index (κ1) is 18.2. The molecule has 2 aromatic rings. The summed E-state index contributed by atoms with van der Waals surface area (Å²) in [5.74, 6) is 6.66. The smallest absolute Gasteiger partial charge is 0.172 e. The highest BCUT2D eigenvalue weighted by atomic mass is 16.2. The third kappa shape index (κ3) is 6.18. The van der Waals surface area contributed by atoms with E-state index in [1.54, 1.807) is 0 Å². The number of unbranched alkanes of at least 4 members (excludes halogenated alkanes) is 1. The fraction of sp³-hybridized carbons (Fsp3) is 0.409. The number of hydrogen-bond donors (Lipinski definition) is 1. The first-order valence-electron chi connectivity index (χ1n) is 8.99. The molecule has 0 saturated carbocycles. The van der Waals surface area contributed by atoms with Crippen LogP contribution in [-0.2, 0) is 19.4 Å². The van der Waals surface area contributed by atoms with Gasteiger partial charge in [0.1, 0.15) is 0 Å². The lowest BCUT2D eigenvalue weighted by Crippen LogP contribution is -2.33. The number of pyridine rings is 1. The highest BCUT2D eigenvalue weighted by Crippen LogP contribution is 2.10. The van der Waals surface area contributed by atoms with Crippen molar-refractivity contribution in [1.29, 1.82) is 0 Å². The topological polar surface area (TPSA) is 24.1 Å². The van der Waals surface area contributed by atoms with E-state index in [0.717, 1.165) is 32.2 Å². The molecule has 2 rings (SSSR count). The summed E-state index contributed by atoms with van der Waals surface area (Å²) in [5.41, 5.74) is 3.81. The summed E-state index contributed by atoms with van der Waals surface area (Å²) < 4.78 is 2.18. The molecule has 2 nitrogen and oxygen atoms in total. The van der Waals surface area contributed by atoms with Crippen LogP contribution in [-0.4, -0.2) is 11.7 Å². The van der Waals surface area contributed by atoms with E-state index >= 15 is 0 Å². The molecular formula is C22H28NO+. The lowest BCUT2D eigenvalue weighted by molar-refractivity contribution is -0.696. The van der Waals surface area contributed by atoms with Gasteiger partial charge in [-0.15, -0.1) is 0 Å². The quantitative estimate of drug-likeness (QED) is 0.582. The van der Waals surface area contributed by atoms with Crippen molar-refractivity contribution in [2.75, 3.05) is 6.61 Å². The number of aliphatic hydroxyl groups excluding tert-OH is 1. The molecule has 0 amide bonds. The van der Waals surface area contributed by atoms with Crippen LogP contribution in [0.1, 0.15) is 49.3 Å². The molecule has 0 fully saturated rings. The molecule has 0 unspecified atom stereocenters. The molecule has 1 aromatic heterocycles. The Morgan fingerprint density at radius 3 is 2.75 bits per heavy atom. The molecule has 0 saturated heterocycles. The summed E-state index contributed by atoms with van der Waals surface area (Å²) in [7, 11) is 0. The zero-order chi connectivity index (χ0) is 17.0. The standard InChI is InChI=1S/C22H28NO/c1-2-3-12-21-13-4-5-14-22(21)15-6-7-16-23-17-8-10-20(19-23)11-9-18-24/h4-5,8,10,13-14,17,19,24H,2-3,7,9,11-12,16,18H2,1H3/q+1. The minimum Gasteiger partial charge on any atom is -0.396 e. The van der Waals surface area contributed by atoms with Crippen molar-refractivity contribution in [1.82, 2.24) is 0 Å². The highest BCUT2D eigenvalue weighted by molar-refractivity contribution is 5.41. The van der Waals surface area contributed by atoms with Gasteiger partial charge in [-0.2, -0.15) is 0 Å². The van der Waals surface area contributed by atoms with Gasteiger partial charge in [0.15, 0.2) is 18.9 Å². The lowest BCUT2D eigenvalue weighted by Gasteiger charge is -2.02. The molecule has 2 heteroatoms. The van der Waals surface area contributed by atoms with Crippen molar-refractivity contribution >= 4 is 0 Å². The van der Waals surface area contributed by atoms with Gasteiger partial charge in [-0.3, -0.25) is 0 Å². The van der Waals surface area contributed by atoms with Crippen LogP contribution >= 0.6 is 0 Å². The van der Waals surface area contributed by atoms with Crippen molar-refractivity contribution < 1.29 is 9.67 Å². The van der Waals surface area contributed by atoms with Gasteiger partial charge in [0.25, 0.3) is 0 Å². The fourth-order valence-corrected chi connectivity index (χ4v) is 2.72. The molecule has 0 aliphatic rings. The van der Waals surface area contributed by atoms with Crippen LogP contribution < -0.4 is 4.57 Å². The van der Waals surface area contributed by atoms with E-state index in [0.29, 0.717) is 0 Å². The zero-order valence-electron chi connectivity index (χ0n) is 14.7. The van der Waals surface area contributed by atoms with Crippen molar-refractivity contribution in [3.05, 3.63) is 65.5 Å². The third-order valence-corrected chi connectivity index (χ3v) is 4.08. The molecule has 1 aromatic carbocycles. The van der Waals surface area contributed by atoms with Gasteiger partial charge < -0.3 is 5.11 Å². The Morgan fingerprint density at radius 2 is 1.92 bits per heavy atom. The number of hydrogen-bond acceptors (Lipinski definition) is 1. The molecule has 0 aliphatic heterocycles. The lowest BCUT2D eigenvalue weighted by atomic mass is 10.0. The SMILES string of the molecule is CCCCc1ccccc1C#CCC[n+]1cccc(CCCO)c1. The normalized spacial score (nSPS) is 10.2. The van der Waals surface area contributed by atoms with E-state index in [9.17, 15) is 0 Å². The van der Waals surface area contributed by atoms with Gasteiger partial charge in [0.2, 0.25) is 0 Å². The molecular weight excluding hydrogens is 294 g/mol. The van der Waals surface area contributed by atoms with Crippen LogP contribution in [0, 0.1) is 11.8 Å². The van der Waals surface area contributed by atoms with Crippen molar-refractivity contribution in [3.63, 3.8) is 0 Å². The van der Waals surface area contributed by atoms with Gasteiger partial charge >= 0.3 is 0 Å². The number of nitrogens with zero attached hydrogens (tertiary/aromatic N) is 1. The van der Waals surface area contributed by atoms with E-state index in [-0.39, 0.29) is 6.61 Å². The van der Waals surface area contributed by atoms with E-state index < -0.39 is 0 Å². The van der Waals surface area contributed by atoms with E-state index in [1.807, 2.05) is 0 Å². The Morgan fingerprint density at radius 1 is 1.04 bits per heavy atom. The van der Waals surface area contributed by atoms with Crippen LogP contribution in [0.4, 0.5) is 0 Å². The monoisotopic (exact) mass is 322 g/mol. The van der Waals surface area contributed by atoms with E-state index in [2.05, 4.69) is 72.1 Å². The highest BCUT2D eigenvalue weighted by Gasteiger charge is 2.02. The first-order chi connectivity index (χ1) is 11.8. The average molecular weight is 322 g/mol. The maximum Gasteiger partial charge on any atom is 0.172 e. The third-order valence-electron chi connectivity index (χ3n) is 4.08. The Balaban J connectivity index is 1.92. The van der Waals surface area contributed by atoms with Gasteiger partial charge in [-0.05, 0) is 43.4 Å². The fourth-order valence-electron chi connectivity index (χ4n) is 2.72. The summed E-state index contributed by atoms with van der Waals surface area (Å²) in [6, 6.07) is 12.7. The summed E-state index contributed by atoms with van der Waals surface area (Å²) in [6.07, 6.45) is 10.4. The van der Waals surface area contributed by atoms with Gasteiger partial charge in [0, 0.05) is 23.8 Å². The molecule has 0 radical (unpaired) electrons. The molecule has 24 heavy (non-hydrogen) atoms. The minimum absolute atomic E-state index is 0.248. The molecule has 1 heterocycles. The number of aromatic nitrogens is 1. The van der Waals surface area contributed by atoms with Gasteiger partial charge in [-0.25, -0.2) is 4.57 Å². The summed E-state index contributed by atoms with van der Waals surface area (Å²) in [4.78, 5) is 0. The molecule has 126 valence electrons. The average Bonchev–Trinajstić information content (AvgIpc) is 2.63. The number of rotatable bonds is 8. The maximum absolute atomic E-state index is 8.93. The molecule has 0 bridgehead atoms. The van der Waals surface area contributed by atoms with Gasteiger partial charge in [0.05, 0.1) is 6.42 Å². The van der Waals surface area contributed by atoms with Crippen LogP contribution in [0.15, 0.2) is 48.8 Å². The second-order valence-corrected chi connectivity index (χ2v) is 6.09. The minimum atomic E-state index is 0.248.